The molecule has 0 aliphatic heterocycles. The summed E-state index contributed by atoms with van der Waals surface area (Å²) in [5.41, 5.74) is 2.76. The van der Waals surface area contributed by atoms with Gasteiger partial charge in [-0.05, 0) is 36.1 Å². The molecule has 2 heterocycles. The minimum Gasteiger partial charge on any atom is -0.408 e. The molecule has 0 saturated heterocycles. The quantitative estimate of drug-likeness (QED) is 0.370. The number of oxazole rings is 1. The molecule has 2 aromatic heterocycles. The summed E-state index contributed by atoms with van der Waals surface area (Å²) in [7, 11) is 0. The van der Waals surface area contributed by atoms with Crippen molar-refractivity contribution >= 4 is 34.2 Å². The maximum Gasteiger partial charge on any atom is 0.417 e. The van der Waals surface area contributed by atoms with Gasteiger partial charge in [0.05, 0.1) is 5.52 Å². The van der Waals surface area contributed by atoms with Gasteiger partial charge in [0.25, 0.3) is 0 Å². The second kappa shape index (κ2) is 7.30. The Morgan fingerprint density at radius 2 is 1.88 bits per heavy atom. The number of rotatable bonds is 4. The zero-order chi connectivity index (χ0) is 16.4. The van der Waals surface area contributed by atoms with Gasteiger partial charge in [-0.25, -0.2) is 9.78 Å². The average molecular weight is 505 g/mol. The molecule has 0 spiro atoms. The molecule has 8 heteroatoms. The van der Waals surface area contributed by atoms with Crippen LogP contribution in [-0.4, -0.2) is 15.0 Å². The van der Waals surface area contributed by atoms with Crippen LogP contribution in [0.1, 0.15) is 0 Å². The van der Waals surface area contributed by atoms with Crippen molar-refractivity contribution in [1.82, 2.24) is 15.0 Å². The van der Waals surface area contributed by atoms with Crippen LogP contribution in [0.4, 0.5) is 23.1 Å². The zero-order valence-corrected chi connectivity index (χ0v) is 15.5. The summed E-state index contributed by atoms with van der Waals surface area (Å²) >= 11 is 0. The first kappa shape index (κ1) is 16.9. The number of aromatic nitrogens is 3. The third-order valence-electron chi connectivity index (χ3n) is 3.32. The molecular weight excluding hydrogens is 492 g/mol. The molecule has 4 rings (SSSR count). The summed E-state index contributed by atoms with van der Waals surface area (Å²) in [4.78, 5) is 22.3. The number of anilines is 4. The topological polar surface area (TPSA) is 95.8 Å². The number of hydrogen-bond acceptors (Lipinski definition) is 6. The van der Waals surface area contributed by atoms with Gasteiger partial charge in [0.2, 0.25) is 5.95 Å². The van der Waals surface area contributed by atoms with E-state index in [2.05, 4.69) is 31.7 Å². The predicted molar refractivity (Wildman–Crippen MR) is 90.7 cm³/mol. The summed E-state index contributed by atoms with van der Waals surface area (Å²) in [5, 5.41) is 6.24. The zero-order valence-electron chi connectivity index (χ0n) is 12.8. The Morgan fingerprint density at radius 3 is 2.72 bits per heavy atom. The maximum atomic E-state index is 11.2. The normalized spacial score (nSPS) is 10.2. The van der Waals surface area contributed by atoms with Crippen LogP contribution in [0.25, 0.3) is 11.1 Å². The Bertz CT molecular complexity index is 1050. The molecule has 0 aliphatic rings. The SMILES string of the molecule is O=c1[nH]c2cc(Nc3[c-]cnc(Nc4ccccc4)n3)ccc2o1.[Re]. The Balaban J connectivity index is 0.00000182. The minimum atomic E-state index is -0.481. The van der Waals surface area contributed by atoms with E-state index in [-0.39, 0.29) is 20.4 Å². The molecular formula is C17H12N5O2Re-. The van der Waals surface area contributed by atoms with Gasteiger partial charge in [0.1, 0.15) is 0 Å². The van der Waals surface area contributed by atoms with Gasteiger partial charge in [0, 0.05) is 31.8 Å². The third-order valence-corrected chi connectivity index (χ3v) is 3.32. The number of nitrogens with zero attached hydrogens (tertiary/aromatic N) is 2. The van der Waals surface area contributed by atoms with Crippen molar-refractivity contribution in [3.8, 4) is 0 Å². The van der Waals surface area contributed by atoms with E-state index in [0.29, 0.717) is 22.9 Å². The van der Waals surface area contributed by atoms with E-state index < -0.39 is 5.76 Å². The molecule has 25 heavy (non-hydrogen) atoms. The van der Waals surface area contributed by atoms with Crippen LogP contribution in [0.15, 0.2) is 63.9 Å². The van der Waals surface area contributed by atoms with Crippen LogP contribution >= 0.6 is 0 Å². The van der Waals surface area contributed by atoms with Gasteiger partial charge in [-0.3, -0.25) is 9.97 Å². The Hall–Kier alpha value is -2.95. The van der Waals surface area contributed by atoms with Crippen molar-refractivity contribution in [1.29, 1.82) is 0 Å². The summed E-state index contributed by atoms with van der Waals surface area (Å²) in [6.45, 7) is 0. The van der Waals surface area contributed by atoms with E-state index in [9.17, 15) is 4.79 Å². The largest absolute Gasteiger partial charge is 0.417 e. The number of fused-ring (bicyclic) bond motifs is 1. The van der Waals surface area contributed by atoms with Crippen LogP contribution in [0.5, 0.6) is 0 Å². The number of nitrogens with one attached hydrogen (secondary N) is 3. The average Bonchev–Trinajstić information content (AvgIpc) is 2.95. The first-order valence-electron chi connectivity index (χ1n) is 7.23. The van der Waals surface area contributed by atoms with Crippen LogP contribution < -0.4 is 16.4 Å². The van der Waals surface area contributed by atoms with Gasteiger partial charge >= 0.3 is 5.76 Å². The molecule has 0 fully saturated rings. The first-order chi connectivity index (χ1) is 11.8. The molecule has 2 aromatic carbocycles. The van der Waals surface area contributed by atoms with Gasteiger partial charge in [-0.2, -0.15) is 0 Å². The first-order valence-corrected chi connectivity index (χ1v) is 7.23. The molecule has 0 saturated carbocycles. The second-order valence-corrected chi connectivity index (χ2v) is 5.03. The molecule has 4 aromatic rings. The van der Waals surface area contributed by atoms with E-state index in [0.717, 1.165) is 11.4 Å². The van der Waals surface area contributed by atoms with Crippen LogP contribution in [-0.2, 0) is 20.4 Å². The van der Waals surface area contributed by atoms with Crippen molar-refractivity contribution < 1.29 is 24.8 Å². The molecule has 7 nitrogen and oxygen atoms in total. The number of aromatic amines is 1. The molecule has 3 N–H and O–H groups in total. The summed E-state index contributed by atoms with van der Waals surface area (Å²) in [6.07, 6.45) is 1.54. The second-order valence-electron chi connectivity index (χ2n) is 5.03. The maximum absolute atomic E-state index is 11.2. The Morgan fingerprint density at radius 1 is 1.04 bits per heavy atom. The number of H-pyrrole nitrogens is 1. The van der Waals surface area contributed by atoms with E-state index in [1.54, 1.807) is 24.4 Å². The molecule has 0 atom stereocenters. The van der Waals surface area contributed by atoms with Crippen molar-refractivity contribution in [3.63, 3.8) is 0 Å². The smallest absolute Gasteiger partial charge is 0.408 e. The van der Waals surface area contributed by atoms with Crippen LogP contribution in [0.3, 0.4) is 0 Å². The molecule has 0 unspecified atom stereocenters. The molecule has 1 radical (unpaired) electrons. The Labute approximate surface area is 156 Å². The van der Waals surface area contributed by atoms with Crippen molar-refractivity contribution in [2.45, 2.75) is 0 Å². The summed E-state index contributed by atoms with van der Waals surface area (Å²) in [5.74, 6) is 0.485. The van der Waals surface area contributed by atoms with Gasteiger partial charge in [-0.15, -0.1) is 6.20 Å². The van der Waals surface area contributed by atoms with E-state index >= 15 is 0 Å². The third kappa shape index (κ3) is 3.94. The summed E-state index contributed by atoms with van der Waals surface area (Å²) < 4.78 is 4.98. The van der Waals surface area contributed by atoms with Gasteiger partial charge in [-0.1, -0.05) is 18.2 Å². The summed E-state index contributed by atoms with van der Waals surface area (Å²) in [6, 6.07) is 17.8. The van der Waals surface area contributed by atoms with Crippen molar-refractivity contribution in [2.75, 3.05) is 10.6 Å². The molecule has 125 valence electrons. The van der Waals surface area contributed by atoms with E-state index in [1.807, 2.05) is 30.3 Å². The van der Waals surface area contributed by atoms with Crippen molar-refractivity contribution in [3.05, 3.63) is 71.3 Å². The van der Waals surface area contributed by atoms with Crippen LogP contribution in [0.2, 0.25) is 0 Å². The number of benzene rings is 2. The van der Waals surface area contributed by atoms with E-state index in [1.165, 1.54) is 0 Å². The number of para-hydroxylation sites is 1. The van der Waals surface area contributed by atoms with Gasteiger partial charge < -0.3 is 21.1 Å². The number of hydrogen-bond donors (Lipinski definition) is 3. The Kier molecular flexibility index (Phi) is 4.93. The fraction of sp³-hybridized carbons (Fsp3) is 0. The fourth-order valence-electron chi connectivity index (χ4n) is 2.26. The molecule has 0 aliphatic carbocycles. The fourth-order valence-corrected chi connectivity index (χ4v) is 2.26. The van der Waals surface area contributed by atoms with Gasteiger partial charge in [0.15, 0.2) is 5.58 Å². The monoisotopic (exact) mass is 505 g/mol. The van der Waals surface area contributed by atoms with E-state index in [4.69, 9.17) is 4.42 Å². The molecule has 0 amide bonds. The molecule has 0 bridgehead atoms. The standard InChI is InChI=1S/C17H12N5O2.Re/c23-17-21-13-10-12(6-7-14(13)24-17)19-15-8-9-18-16(22-15)20-11-4-2-1-3-5-11;/h1-7,9-10H,(H,21,23)(H2,18,19,20,22);/q-1;. The van der Waals surface area contributed by atoms with Crippen molar-refractivity contribution in [2.24, 2.45) is 0 Å². The van der Waals surface area contributed by atoms with Crippen LogP contribution in [0, 0.1) is 6.07 Å². The minimum absolute atomic E-state index is 0. The predicted octanol–water partition coefficient (Wildman–Crippen LogP) is 3.20.